The molecule has 216 valence electrons. The molecule has 2 aromatic carbocycles. The van der Waals surface area contributed by atoms with Gasteiger partial charge in [-0.1, -0.05) is 25.8 Å². The summed E-state index contributed by atoms with van der Waals surface area (Å²) in [4.78, 5) is 43.6. The summed E-state index contributed by atoms with van der Waals surface area (Å²) >= 11 is 0. The first-order valence-electron chi connectivity index (χ1n) is 14.0. The van der Waals surface area contributed by atoms with E-state index < -0.39 is 0 Å². The number of nitrogens with one attached hydrogen (secondary N) is 1. The molecular weight excluding hydrogens is 510 g/mol. The Morgan fingerprint density at radius 2 is 1.77 bits per heavy atom. The van der Waals surface area contributed by atoms with E-state index in [-0.39, 0.29) is 48.3 Å². The summed E-state index contributed by atoms with van der Waals surface area (Å²) in [6, 6.07) is 11.7. The minimum atomic E-state index is -0.311. The maximum atomic E-state index is 13.6. The van der Waals surface area contributed by atoms with Crippen LogP contribution in [0.25, 0.3) is 0 Å². The van der Waals surface area contributed by atoms with Crippen molar-refractivity contribution in [2.45, 2.75) is 51.7 Å². The summed E-state index contributed by atoms with van der Waals surface area (Å²) in [6.07, 6.45) is 3.75. The SMILES string of the molecule is COc1cccc(C(=O)Nc2ccc3c(c2)OC[C@H](C)N(C(=O)C2CCCC2)C[C@@H](C)[C@H](OC)CN(C)C3=O)c1. The summed E-state index contributed by atoms with van der Waals surface area (Å²) in [5, 5.41) is 2.89. The molecule has 1 aliphatic carbocycles. The van der Waals surface area contributed by atoms with Crippen LogP contribution in [0.15, 0.2) is 42.5 Å². The number of carbonyl (C=O) groups is 3. The second-order valence-electron chi connectivity index (χ2n) is 11.0. The van der Waals surface area contributed by atoms with Gasteiger partial charge in [-0.25, -0.2) is 0 Å². The zero-order valence-corrected chi connectivity index (χ0v) is 24.1. The Morgan fingerprint density at radius 3 is 2.48 bits per heavy atom. The van der Waals surface area contributed by atoms with E-state index in [1.807, 2.05) is 11.8 Å². The van der Waals surface area contributed by atoms with E-state index in [1.165, 1.54) is 0 Å². The standard InChI is InChI=1S/C31H41N3O6/c1-20-17-34(30(36)22-9-6-7-10-22)21(2)19-40-27-16-24(32-29(35)23-11-8-12-25(15-23)38-4)13-14-26(27)31(37)33(3)18-28(20)39-5/h8,11-16,20-22,28H,6-7,9-10,17-19H2,1-5H3,(H,32,35)/t20-,21+,28-/m1/s1. The zero-order valence-electron chi connectivity index (χ0n) is 24.1. The van der Waals surface area contributed by atoms with Crippen molar-refractivity contribution in [3.63, 3.8) is 0 Å². The number of hydrogen-bond acceptors (Lipinski definition) is 6. The van der Waals surface area contributed by atoms with Crippen molar-refractivity contribution in [3.8, 4) is 11.5 Å². The number of fused-ring (bicyclic) bond motifs is 1. The normalized spacial score (nSPS) is 22.5. The fraction of sp³-hybridized carbons (Fsp3) is 0.516. The second kappa shape index (κ2) is 13.2. The van der Waals surface area contributed by atoms with Crippen LogP contribution < -0.4 is 14.8 Å². The molecule has 0 spiro atoms. The molecule has 3 amide bonds. The van der Waals surface area contributed by atoms with Crippen LogP contribution >= 0.6 is 0 Å². The zero-order chi connectivity index (χ0) is 28.8. The molecule has 0 unspecified atom stereocenters. The predicted octanol–water partition coefficient (Wildman–Crippen LogP) is 4.47. The third kappa shape index (κ3) is 6.75. The van der Waals surface area contributed by atoms with Crippen molar-refractivity contribution in [3.05, 3.63) is 53.6 Å². The van der Waals surface area contributed by atoms with Crippen LogP contribution in [0, 0.1) is 11.8 Å². The van der Waals surface area contributed by atoms with Gasteiger partial charge in [0.25, 0.3) is 11.8 Å². The number of amides is 3. The van der Waals surface area contributed by atoms with Crippen molar-refractivity contribution in [2.24, 2.45) is 11.8 Å². The first-order chi connectivity index (χ1) is 19.2. The number of ether oxygens (including phenoxy) is 3. The van der Waals surface area contributed by atoms with Crippen molar-refractivity contribution >= 4 is 23.4 Å². The number of carbonyl (C=O) groups excluding carboxylic acids is 3. The summed E-state index contributed by atoms with van der Waals surface area (Å²) in [5.74, 6) is 0.631. The smallest absolute Gasteiger partial charge is 0.257 e. The van der Waals surface area contributed by atoms with E-state index in [0.717, 1.165) is 25.7 Å². The largest absolute Gasteiger partial charge is 0.497 e. The van der Waals surface area contributed by atoms with Gasteiger partial charge in [0.1, 0.15) is 18.1 Å². The molecule has 2 aromatic rings. The molecule has 0 radical (unpaired) electrons. The van der Waals surface area contributed by atoms with Crippen LogP contribution in [0.3, 0.4) is 0 Å². The highest BCUT2D eigenvalue weighted by atomic mass is 16.5. The van der Waals surface area contributed by atoms with Crippen LogP contribution in [-0.2, 0) is 9.53 Å². The van der Waals surface area contributed by atoms with Gasteiger partial charge in [0, 0.05) is 56.4 Å². The Labute approximate surface area is 236 Å². The van der Waals surface area contributed by atoms with E-state index in [2.05, 4.69) is 12.2 Å². The maximum absolute atomic E-state index is 13.6. The number of methoxy groups -OCH3 is 2. The molecule has 9 heteroatoms. The highest BCUT2D eigenvalue weighted by molar-refractivity contribution is 6.05. The number of rotatable bonds is 5. The molecule has 1 N–H and O–H groups in total. The average Bonchev–Trinajstić information content (AvgIpc) is 3.51. The topological polar surface area (TPSA) is 97.4 Å². The Morgan fingerprint density at radius 1 is 1.02 bits per heavy atom. The van der Waals surface area contributed by atoms with Gasteiger partial charge >= 0.3 is 0 Å². The Balaban J connectivity index is 1.63. The van der Waals surface area contributed by atoms with E-state index in [9.17, 15) is 14.4 Å². The molecule has 0 saturated heterocycles. The number of likely N-dealkylation sites (N-methyl/N-ethyl adjacent to an activating group) is 1. The number of nitrogens with zero attached hydrogens (tertiary/aromatic N) is 2. The van der Waals surface area contributed by atoms with Crippen molar-refractivity contribution in [1.82, 2.24) is 9.80 Å². The van der Waals surface area contributed by atoms with Gasteiger partial charge in [0.2, 0.25) is 5.91 Å². The Kier molecular flexibility index (Phi) is 9.68. The van der Waals surface area contributed by atoms with Crippen molar-refractivity contribution < 1.29 is 28.6 Å². The molecule has 1 aliphatic heterocycles. The van der Waals surface area contributed by atoms with Gasteiger partial charge in [-0.05, 0) is 50.1 Å². The van der Waals surface area contributed by atoms with E-state index in [0.29, 0.717) is 41.4 Å². The summed E-state index contributed by atoms with van der Waals surface area (Å²) in [6.45, 7) is 5.13. The lowest BCUT2D eigenvalue weighted by Crippen LogP contribution is -2.50. The molecule has 3 atom stereocenters. The number of hydrogen-bond donors (Lipinski definition) is 1. The van der Waals surface area contributed by atoms with E-state index in [4.69, 9.17) is 14.2 Å². The van der Waals surface area contributed by atoms with Gasteiger partial charge in [-0.15, -0.1) is 0 Å². The third-order valence-corrected chi connectivity index (χ3v) is 8.02. The molecule has 0 bridgehead atoms. The first-order valence-corrected chi connectivity index (χ1v) is 14.0. The Hall–Kier alpha value is -3.59. The average molecular weight is 552 g/mol. The van der Waals surface area contributed by atoms with Gasteiger partial charge in [-0.3, -0.25) is 14.4 Å². The molecule has 1 saturated carbocycles. The van der Waals surface area contributed by atoms with Crippen LogP contribution in [0.2, 0.25) is 0 Å². The molecule has 0 aromatic heterocycles. The third-order valence-electron chi connectivity index (χ3n) is 8.02. The first kappa shape index (κ1) is 29.4. The van der Waals surface area contributed by atoms with Crippen LogP contribution in [0.1, 0.15) is 60.2 Å². The highest BCUT2D eigenvalue weighted by Gasteiger charge is 2.34. The summed E-state index contributed by atoms with van der Waals surface area (Å²) in [7, 11) is 4.93. The molecule has 1 heterocycles. The molecule has 2 aliphatic rings. The maximum Gasteiger partial charge on any atom is 0.257 e. The fourth-order valence-corrected chi connectivity index (χ4v) is 5.53. The predicted molar refractivity (Wildman–Crippen MR) is 153 cm³/mol. The van der Waals surface area contributed by atoms with Crippen molar-refractivity contribution in [1.29, 1.82) is 0 Å². The summed E-state index contributed by atoms with van der Waals surface area (Å²) < 4.78 is 17.3. The minimum absolute atomic E-state index is 0.0150. The van der Waals surface area contributed by atoms with Crippen LogP contribution in [0.4, 0.5) is 5.69 Å². The lowest BCUT2D eigenvalue weighted by atomic mass is 9.99. The molecule has 4 rings (SSSR count). The van der Waals surface area contributed by atoms with Gasteiger partial charge in [0.15, 0.2) is 0 Å². The van der Waals surface area contributed by atoms with Gasteiger partial charge in [0.05, 0.1) is 24.8 Å². The lowest BCUT2D eigenvalue weighted by Gasteiger charge is -2.37. The molecular formula is C31H41N3O6. The van der Waals surface area contributed by atoms with Crippen LogP contribution in [-0.4, -0.2) is 80.6 Å². The number of benzene rings is 2. The second-order valence-corrected chi connectivity index (χ2v) is 11.0. The van der Waals surface area contributed by atoms with E-state index in [1.54, 1.807) is 68.6 Å². The molecule has 40 heavy (non-hydrogen) atoms. The molecule has 9 nitrogen and oxygen atoms in total. The van der Waals surface area contributed by atoms with Gasteiger partial charge in [-0.2, -0.15) is 0 Å². The summed E-state index contributed by atoms with van der Waals surface area (Å²) in [5.41, 5.74) is 1.31. The van der Waals surface area contributed by atoms with Crippen LogP contribution in [0.5, 0.6) is 11.5 Å². The van der Waals surface area contributed by atoms with E-state index >= 15 is 0 Å². The quantitative estimate of drug-likeness (QED) is 0.589. The Bertz CT molecular complexity index is 1210. The fourth-order valence-electron chi connectivity index (χ4n) is 5.53. The lowest BCUT2D eigenvalue weighted by molar-refractivity contribution is -0.139. The van der Waals surface area contributed by atoms with Crippen molar-refractivity contribution in [2.75, 3.05) is 46.3 Å². The number of anilines is 1. The molecule has 1 fully saturated rings. The monoisotopic (exact) mass is 551 g/mol. The highest BCUT2D eigenvalue weighted by Crippen LogP contribution is 2.30. The minimum Gasteiger partial charge on any atom is -0.497 e. The van der Waals surface area contributed by atoms with Gasteiger partial charge < -0.3 is 29.3 Å².